The Bertz CT molecular complexity index is 128. The molecule has 0 heterocycles. The molecule has 0 radical (unpaired) electrons. The number of rotatable bonds is 5. The molecule has 0 aromatic rings. The van der Waals surface area contributed by atoms with Gasteiger partial charge >= 0.3 is 0 Å². The zero-order valence-corrected chi connectivity index (χ0v) is 7.16. The lowest BCUT2D eigenvalue weighted by Gasteiger charge is -1.99. The van der Waals surface area contributed by atoms with Gasteiger partial charge in [0.2, 0.25) is 0 Å². The van der Waals surface area contributed by atoms with Gasteiger partial charge in [-0.05, 0) is 12.5 Å². The number of allylic oxidation sites excluding steroid dienone is 2. The van der Waals surface area contributed by atoms with Gasteiger partial charge in [-0.3, -0.25) is 0 Å². The highest BCUT2D eigenvalue weighted by Crippen LogP contribution is 1.97. The second-order valence-electron chi connectivity index (χ2n) is 2.31. The summed E-state index contributed by atoms with van der Waals surface area (Å²) in [5, 5.41) is 9.19. The van der Waals surface area contributed by atoms with Crippen LogP contribution in [0.25, 0.3) is 0 Å². The maximum atomic E-state index is 9.19. The van der Waals surface area contributed by atoms with E-state index in [4.69, 9.17) is 0 Å². The number of methoxy groups -OCH3 is 1. The molecule has 0 aromatic heterocycles. The van der Waals surface area contributed by atoms with Crippen molar-refractivity contribution in [2.24, 2.45) is 0 Å². The Kier molecular flexibility index (Phi) is 6.84. The lowest BCUT2D eigenvalue weighted by molar-refractivity contribution is 0.211. The first-order valence-electron chi connectivity index (χ1n) is 3.85. The van der Waals surface area contributed by atoms with Crippen LogP contribution in [0, 0.1) is 0 Å². The van der Waals surface area contributed by atoms with E-state index in [1.54, 1.807) is 31.6 Å². The van der Waals surface area contributed by atoms with Crippen LogP contribution in [0.3, 0.4) is 0 Å². The molecule has 0 rings (SSSR count). The first kappa shape index (κ1) is 10.2. The summed E-state index contributed by atoms with van der Waals surface area (Å²) in [6.45, 7) is 2.04. The fourth-order valence-corrected chi connectivity index (χ4v) is 0.708. The summed E-state index contributed by atoms with van der Waals surface area (Å²) in [6.07, 6.45) is 8.34. The monoisotopic (exact) mass is 156 g/mol. The standard InChI is InChI=1S/C9H16O2/c1-3-6-9(10)7-4-5-8-11-2/h4-5,7-10H,3,6H2,1-2H3/b7-4-,8-5-. The molecule has 1 N–H and O–H groups in total. The third-order valence-electron chi connectivity index (χ3n) is 1.24. The van der Waals surface area contributed by atoms with Gasteiger partial charge < -0.3 is 9.84 Å². The fourth-order valence-electron chi connectivity index (χ4n) is 0.708. The van der Waals surface area contributed by atoms with Crippen molar-refractivity contribution in [1.29, 1.82) is 0 Å². The second-order valence-corrected chi connectivity index (χ2v) is 2.31. The lowest BCUT2D eigenvalue weighted by atomic mass is 10.2. The number of ether oxygens (including phenoxy) is 1. The molecule has 11 heavy (non-hydrogen) atoms. The average molecular weight is 156 g/mol. The predicted octanol–water partition coefficient (Wildman–Crippen LogP) is 1.86. The first-order valence-corrected chi connectivity index (χ1v) is 3.85. The zero-order chi connectivity index (χ0) is 8.53. The largest absolute Gasteiger partial charge is 0.504 e. The van der Waals surface area contributed by atoms with Crippen molar-refractivity contribution < 1.29 is 9.84 Å². The van der Waals surface area contributed by atoms with Gasteiger partial charge in [0.05, 0.1) is 19.5 Å². The molecule has 1 atom stereocenters. The van der Waals surface area contributed by atoms with Gasteiger partial charge in [0.1, 0.15) is 0 Å². The van der Waals surface area contributed by atoms with E-state index in [1.807, 2.05) is 6.92 Å². The minimum atomic E-state index is -0.318. The van der Waals surface area contributed by atoms with Crippen molar-refractivity contribution in [3.63, 3.8) is 0 Å². The minimum Gasteiger partial charge on any atom is -0.504 e. The molecule has 2 nitrogen and oxygen atoms in total. The summed E-state index contributed by atoms with van der Waals surface area (Å²) in [7, 11) is 1.59. The molecule has 0 saturated carbocycles. The van der Waals surface area contributed by atoms with Gasteiger partial charge in [-0.25, -0.2) is 0 Å². The molecule has 0 aliphatic rings. The topological polar surface area (TPSA) is 29.5 Å². The third-order valence-corrected chi connectivity index (χ3v) is 1.24. The first-order chi connectivity index (χ1) is 5.31. The van der Waals surface area contributed by atoms with E-state index < -0.39 is 0 Å². The second kappa shape index (κ2) is 7.35. The molecule has 1 unspecified atom stereocenters. The number of hydrogen-bond acceptors (Lipinski definition) is 2. The van der Waals surface area contributed by atoms with Crippen LogP contribution < -0.4 is 0 Å². The smallest absolute Gasteiger partial charge is 0.0824 e. The Morgan fingerprint density at radius 1 is 1.45 bits per heavy atom. The van der Waals surface area contributed by atoms with Crippen molar-refractivity contribution in [3.05, 3.63) is 24.5 Å². The minimum absolute atomic E-state index is 0.318. The summed E-state index contributed by atoms with van der Waals surface area (Å²) in [6, 6.07) is 0. The molecule has 0 aromatic carbocycles. The van der Waals surface area contributed by atoms with Crippen LogP contribution in [0.4, 0.5) is 0 Å². The highest BCUT2D eigenvalue weighted by molar-refractivity contribution is 5.02. The van der Waals surface area contributed by atoms with Crippen molar-refractivity contribution in [3.8, 4) is 0 Å². The molecule has 2 heteroatoms. The van der Waals surface area contributed by atoms with Gasteiger partial charge in [0.25, 0.3) is 0 Å². The molecule has 0 amide bonds. The van der Waals surface area contributed by atoms with Gasteiger partial charge in [-0.2, -0.15) is 0 Å². The Morgan fingerprint density at radius 3 is 2.73 bits per heavy atom. The van der Waals surface area contributed by atoms with E-state index in [9.17, 15) is 5.11 Å². The van der Waals surface area contributed by atoms with Gasteiger partial charge in [0, 0.05) is 0 Å². The zero-order valence-electron chi connectivity index (χ0n) is 7.16. The summed E-state index contributed by atoms with van der Waals surface area (Å²) in [5.41, 5.74) is 0. The maximum absolute atomic E-state index is 9.19. The molecule has 0 fully saturated rings. The Hall–Kier alpha value is -0.760. The average Bonchev–Trinajstić information content (AvgIpc) is 1.99. The number of aliphatic hydroxyl groups is 1. The Morgan fingerprint density at radius 2 is 2.18 bits per heavy atom. The number of hydrogen-bond donors (Lipinski definition) is 1. The van der Waals surface area contributed by atoms with Gasteiger partial charge in [-0.1, -0.05) is 25.5 Å². The summed E-state index contributed by atoms with van der Waals surface area (Å²) < 4.78 is 4.67. The van der Waals surface area contributed by atoms with Gasteiger partial charge in [0.15, 0.2) is 0 Å². The lowest BCUT2D eigenvalue weighted by Crippen LogP contribution is -1.99. The molecule has 0 aliphatic heterocycles. The van der Waals surface area contributed by atoms with Crippen LogP contribution in [-0.2, 0) is 4.74 Å². The predicted molar refractivity (Wildman–Crippen MR) is 46.2 cm³/mol. The molecule has 0 spiro atoms. The van der Waals surface area contributed by atoms with Crippen LogP contribution in [0.2, 0.25) is 0 Å². The van der Waals surface area contributed by atoms with E-state index in [2.05, 4.69) is 4.74 Å². The van der Waals surface area contributed by atoms with Crippen LogP contribution >= 0.6 is 0 Å². The summed E-state index contributed by atoms with van der Waals surface area (Å²) >= 11 is 0. The van der Waals surface area contributed by atoms with Crippen molar-refractivity contribution in [2.75, 3.05) is 7.11 Å². The summed E-state index contributed by atoms with van der Waals surface area (Å²) in [5.74, 6) is 0. The highest BCUT2D eigenvalue weighted by Gasteiger charge is 1.92. The fraction of sp³-hybridized carbons (Fsp3) is 0.556. The normalized spacial score (nSPS) is 14.5. The third kappa shape index (κ3) is 7.13. The van der Waals surface area contributed by atoms with Crippen LogP contribution in [0.5, 0.6) is 0 Å². The highest BCUT2D eigenvalue weighted by atomic mass is 16.5. The summed E-state index contributed by atoms with van der Waals surface area (Å²) in [4.78, 5) is 0. The molecular formula is C9H16O2. The molecular weight excluding hydrogens is 140 g/mol. The van der Waals surface area contributed by atoms with Crippen molar-refractivity contribution in [2.45, 2.75) is 25.9 Å². The van der Waals surface area contributed by atoms with E-state index in [-0.39, 0.29) is 6.10 Å². The van der Waals surface area contributed by atoms with E-state index >= 15 is 0 Å². The van der Waals surface area contributed by atoms with Crippen LogP contribution in [0.15, 0.2) is 24.5 Å². The maximum Gasteiger partial charge on any atom is 0.0824 e. The van der Waals surface area contributed by atoms with Crippen molar-refractivity contribution >= 4 is 0 Å². The Balaban J connectivity index is 3.47. The molecule has 0 aliphatic carbocycles. The van der Waals surface area contributed by atoms with E-state index in [0.717, 1.165) is 12.8 Å². The quantitative estimate of drug-likeness (QED) is 0.486. The van der Waals surface area contributed by atoms with Gasteiger partial charge in [-0.15, -0.1) is 0 Å². The molecule has 64 valence electrons. The van der Waals surface area contributed by atoms with Crippen molar-refractivity contribution in [1.82, 2.24) is 0 Å². The van der Waals surface area contributed by atoms with E-state index in [1.165, 1.54) is 0 Å². The van der Waals surface area contributed by atoms with E-state index in [0.29, 0.717) is 0 Å². The van der Waals surface area contributed by atoms with Crippen LogP contribution in [0.1, 0.15) is 19.8 Å². The molecule has 0 saturated heterocycles. The SMILES string of the molecule is CCCC(O)/C=C\C=C/OC. The molecule has 0 bridgehead atoms. The van der Waals surface area contributed by atoms with Crippen LogP contribution in [-0.4, -0.2) is 18.3 Å². The Labute approximate surface area is 68.2 Å². The number of aliphatic hydroxyl groups excluding tert-OH is 1.